The smallest absolute Gasteiger partial charge is 0.120 e. The molecule has 2 aromatic carbocycles. The molecule has 90 valence electrons. The highest BCUT2D eigenvalue weighted by atomic mass is 35.5. The van der Waals surface area contributed by atoms with Gasteiger partial charge in [0, 0.05) is 16.8 Å². The van der Waals surface area contributed by atoms with Crippen molar-refractivity contribution >= 4 is 23.0 Å². The minimum atomic E-state index is 0.505. The molecule has 0 aliphatic rings. The highest BCUT2D eigenvalue weighted by Gasteiger charge is 2.03. The predicted octanol–water partition coefficient (Wildman–Crippen LogP) is 3.96. The van der Waals surface area contributed by atoms with Crippen molar-refractivity contribution in [3.05, 3.63) is 53.1 Å². The van der Waals surface area contributed by atoms with Crippen LogP contribution in [-0.4, -0.2) is 7.11 Å². The Balaban J connectivity index is 2.31. The minimum absolute atomic E-state index is 0.505. The number of halogens is 1. The van der Waals surface area contributed by atoms with E-state index in [4.69, 9.17) is 21.6 Å². The Kier molecular flexibility index (Phi) is 3.71. The Morgan fingerprint density at radius 2 is 2.06 bits per heavy atom. The van der Waals surface area contributed by atoms with Crippen LogP contribution in [-0.2, 0) is 0 Å². The monoisotopic (exact) mass is 258 g/mol. The molecule has 0 fully saturated rings. The Morgan fingerprint density at radius 1 is 1.22 bits per heavy atom. The second-order valence-corrected chi connectivity index (χ2v) is 4.10. The van der Waals surface area contributed by atoms with Crippen LogP contribution < -0.4 is 10.1 Å². The molecule has 0 radical (unpaired) electrons. The SMILES string of the molecule is COc1cccc(Nc2ccc(Cl)cc2C#N)c1. The summed E-state index contributed by atoms with van der Waals surface area (Å²) in [6.07, 6.45) is 0. The van der Waals surface area contributed by atoms with Crippen LogP contribution in [0.25, 0.3) is 0 Å². The van der Waals surface area contributed by atoms with Gasteiger partial charge in [-0.2, -0.15) is 5.26 Å². The second kappa shape index (κ2) is 5.44. The fraction of sp³-hybridized carbons (Fsp3) is 0.0714. The van der Waals surface area contributed by atoms with Crippen LogP contribution in [0.5, 0.6) is 5.75 Å². The standard InChI is InChI=1S/C14H11ClN2O/c1-18-13-4-2-3-12(8-13)17-14-6-5-11(15)7-10(14)9-16/h2-8,17H,1H3. The van der Waals surface area contributed by atoms with Crippen molar-refractivity contribution in [2.75, 3.05) is 12.4 Å². The highest BCUT2D eigenvalue weighted by molar-refractivity contribution is 6.30. The number of hydrogen-bond donors (Lipinski definition) is 1. The molecule has 0 saturated heterocycles. The molecule has 0 bridgehead atoms. The van der Waals surface area contributed by atoms with Gasteiger partial charge in [-0.15, -0.1) is 0 Å². The molecule has 4 heteroatoms. The number of hydrogen-bond acceptors (Lipinski definition) is 3. The lowest BCUT2D eigenvalue weighted by Gasteiger charge is -2.09. The van der Waals surface area contributed by atoms with E-state index in [2.05, 4.69) is 11.4 Å². The molecule has 0 spiro atoms. The molecular weight excluding hydrogens is 248 g/mol. The fourth-order valence-corrected chi connectivity index (χ4v) is 1.75. The van der Waals surface area contributed by atoms with E-state index in [1.165, 1.54) is 0 Å². The Hall–Kier alpha value is -2.18. The highest BCUT2D eigenvalue weighted by Crippen LogP contribution is 2.25. The van der Waals surface area contributed by atoms with E-state index < -0.39 is 0 Å². The topological polar surface area (TPSA) is 45.0 Å². The number of ether oxygens (including phenoxy) is 1. The molecule has 0 heterocycles. The quantitative estimate of drug-likeness (QED) is 0.906. The zero-order chi connectivity index (χ0) is 13.0. The van der Waals surface area contributed by atoms with Crippen LogP contribution in [0.1, 0.15) is 5.56 Å². The summed E-state index contributed by atoms with van der Waals surface area (Å²) in [5.41, 5.74) is 2.08. The van der Waals surface area contributed by atoms with E-state index in [9.17, 15) is 0 Å². The van der Waals surface area contributed by atoms with E-state index in [1.807, 2.05) is 24.3 Å². The Labute approximate surface area is 111 Å². The fourth-order valence-electron chi connectivity index (χ4n) is 1.57. The molecule has 3 nitrogen and oxygen atoms in total. The number of nitrogens with zero attached hydrogens (tertiary/aromatic N) is 1. The van der Waals surface area contributed by atoms with Gasteiger partial charge in [-0.05, 0) is 30.3 Å². The molecule has 0 aliphatic carbocycles. The summed E-state index contributed by atoms with van der Waals surface area (Å²) in [4.78, 5) is 0. The van der Waals surface area contributed by atoms with Crippen molar-refractivity contribution in [2.24, 2.45) is 0 Å². The first kappa shape index (κ1) is 12.3. The van der Waals surface area contributed by atoms with Gasteiger partial charge in [0.2, 0.25) is 0 Å². The molecule has 2 rings (SSSR count). The van der Waals surface area contributed by atoms with Crippen molar-refractivity contribution in [3.63, 3.8) is 0 Å². The molecule has 2 aromatic rings. The molecular formula is C14H11ClN2O. The number of nitriles is 1. The maximum Gasteiger partial charge on any atom is 0.120 e. The lowest BCUT2D eigenvalue weighted by molar-refractivity contribution is 0.415. The third-order valence-electron chi connectivity index (χ3n) is 2.45. The number of benzene rings is 2. The average Bonchev–Trinajstić information content (AvgIpc) is 2.41. The molecule has 0 aromatic heterocycles. The summed E-state index contributed by atoms with van der Waals surface area (Å²) < 4.78 is 5.14. The predicted molar refractivity (Wildman–Crippen MR) is 72.4 cm³/mol. The molecule has 0 atom stereocenters. The molecule has 0 aliphatic heterocycles. The minimum Gasteiger partial charge on any atom is -0.497 e. The first-order valence-corrected chi connectivity index (χ1v) is 5.71. The van der Waals surface area contributed by atoms with E-state index in [0.29, 0.717) is 10.6 Å². The number of rotatable bonds is 3. The Bertz CT molecular complexity index is 605. The third-order valence-corrected chi connectivity index (χ3v) is 2.69. The van der Waals surface area contributed by atoms with Crippen molar-refractivity contribution < 1.29 is 4.74 Å². The maximum atomic E-state index is 9.05. The van der Waals surface area contributed by atoms with Gasteiger partial charge in [-0.3, -0.25) is 0 Å². The average molecular weight is 259 g/mol. The van der Waals surface area contributed by atoms with Gasteiger partial charge in [0.05, 0.1) is 18.4 Å². The summed E-state index contributed by atoms with van der Waals surface area (Å²) in [6.45, 7) is 0. The van der Waals surface area contributed by atoms with Gasteiger partial charge in [-0.25, -0.2) is 0 Å². The number of anilines is 2. The molecule has 0 saturated carbocycles. The van der Waals surface area contributed by atoms with Gasteiger partial charge in [0.1, 0.15) is 11.8 Å². The summed E-state index contributed by atoms with van der Waals surface area (Å²) in [6, 6.07) is 14.8. The van der Waals surface area contributed by atoms with Crippen LogP contribution in [0.15, 0.2) is 42.5 Å². The van der Waals surface area contributed by atoms with E-state index in [0.717, 1.165) is 17.1 Å². The zero-order valence-corrected chi connectivity index (χ0v) is 10.5. The van der Waals surface area contributed by atoms with Gasteiger partial charge in [0.15, 0.2) is 0 Å². The van der Waals surface area contributed by atoms with Crippen LogP contribution in [0.4, 0.5) is 11.4 Å². The van der Waals surface area contributed by atoms with Gasteiger partial charge >= 0.3 is 0 Å². The van der Waals surface area contributed by atoms with Gasteiger partial charge < -0.3 is 10.1 Å². The summed E-state index contributed by atoms with van der Waals surface area (Å²) in [5, 5.41) is 12.8. The van der Waals surface area contributed by atoms with Crippen molar-refractivity contribution in [3.8, 4) is 11.8 Å². The van der Waals surface area contributed by atoms with E-state index >= 15 is 0 Å². The first-order valence-electron chi connectivity index (χ1n) is 5.33. The van der Waals surface area contributed by atoms with Crippen molar-refractivity contribution in [2.45, 2.75) is 0 Å². The van der Waals surface area contributed by atoms with Crippen LogP contribution in [0, 0.1) is 11.3 Å². The third kappa shape index (κ3) is 2.73. The van der Waals surface area contributed by atoms with Gasteiger partial charge in [-0.1, -0.05) is 17.7 Å². The normalized spacial score (nSPS) is 9.61. The largest absolute Gasteiger partial charge is 0.497 e. The van der Waals surface area contributed by atoms with Crippen LogP contribution in [0.3, 0.4) is 0 Å². The van der Waals surface area contributed by atoms with E-state index in [1.54, 1.807) is 25.3 Å². The molecule has 18 heavy (non-hydrogen) atoms. The van der Waals surface area contributed by atoms with E-state index in [-0.39, 0.29) is 0 Å². The van der Waals surface area contributed by atoms with Crippen molar-refractivity contribution in [1.82, 2.24) is 0 Å². The summed E-state index contributed by atoms with van der Waals surface area (Å²) >= 11 is 5.85. The summed E-state index contributed by atoms with van der Waals surface area (Å²) in [5.74, 6) is 0.757. The van der Waals surface area contributed by atoms with Crippen LogP contribution in [0.2, 0.25) is 5.02 Å². The van der Waals surface area contributed by atoms with Crippen LogP contribution >= 0.6 is 11.6 Å². The Morgan fingerprint density at radius 3 is 2.78 bits per heavy atom. The molecule has 1 N–H and O–H groups in total. The number of methoxy groups -OCH3 is 1. The number of nitrogens with one attached hydrogen (secondary N) is 1. The lowest BCUT2D eigenvalue weighted by atomic mass is 10.2. The van der Waals surface area contributed by atoms with Gasteiger partial charge in [0.25, 0.3) is 0 Å². The zero-order valence-electron chi connectivity index (χ0n) is 9.77. The maximum absolute atomic E-state index is 9.05. The summed E-state index contributed by atoms with van der Waals surface area (Å²) in [7, 11) is 1.61. The second-order valence-electron chi connectivity index (χ2n) is 3.66. The molecule has 0 unspecified atom stereocenters. The van der Waals surface area contributed by atoms with Crippen molar-refractivity contribution in [1.29, 1.82) is 5.26 Å². The lowest BCUT2D eigenvalue weighted by Crippen LogP contribution is -1.94. The first-order chi connectivity index (χ1) is 8.72. The molecule has 0 amide bonds.